The Kier molecular flexibility index (Phi) is 5.27. The molecule has 0 unspecified atom stereocenters. The third-order valence-corrected chi connectivity index (χ3v) is 5.89. The molecule has 0 bridgehead atoms. The Labute approximate surface area is 170 Å². The van der Waals surface area contributed by atoms with Crippen molar-refractivity contribution in [1.29, 1.82) is 0 Å². The zero-order valence-corrected chi connectivity index (χ0v) is 16.5. The van der Waals surface area contributed by atoms with E-state index in [9.17, 15) is 0 Å². The maximum absolute atomic E-state index is 5.49. The molecule has 0 amide bonds. The third kappa shape index (κ3) is 4.04. The number of ether oxygens (including phenoxy) is 1. The number of nitrogens with zero attached hydrogens (tertiary/aromatic N) is 5. The standard InChI is InChI=1S/C21H27N7O/c1-2-4-16(5-3-1)14-22-19-18-20(24-15-23-18)26-21(25-19)28-8-6-17(7-9-28)27-10-12-29-13-11-27/h1-5,15,17H,6-14H2,(H2,22,23,24,25,26). The molecule has 0 atom stereocenters. The lowest BCUT2D eigenvalue weighted by Gasteiger charge is -2.40. The van der Waals surface area contributed by atoms with Crippen LogP contribution in [-0.2, 0) is 11.3 Å². The van der Waals surface area contributed by atoms with Crippen molar-refractivity contribution in [2.45, 2.75) is 25.4 Å². The van der Waals surface area contributed by atoms with Crippen LogP contribution < -0.4 is 10.2 Å². The Balaban J connectivity index is 1.30. The Morgan fingerprint density at radius 1 is 1.03 bits per heavy atom. The molecule has 0 spiro atoms. The fraction of sp³-hybridized carbons (Fsp3) is 0.476. The number of imidazole rings is 1. The zero-order chi connectivity index (χ0) is 19.5. The van der Waals surface area contributed by atoms with Crippen LogP contribution >= 0.6 is 0 Å². The molecule has 2 N–H and O–H groups in total. The van der Waals surface area contributed by atoms with Gasteiger partial charge in [-0.05, 0) is 18.4 Å². The topological polar surface area (TPSA) is 82.2 Å². The van der Waals surface area contributed by atoms with Gasteiger partial charge in [0.05, 0.1) is 19.5 Å². The van der Waals surface area contributed by atoms with E-state index < -0.39 is 0 Å². The fourth-order valence-electron chi connectivity index (χ4n) is 4.25. The summed E-state index contributed by atoms with van der Waals surface area (Å²) in [5.41, 5.74) is 2.78. The van der Waals surface area contributed by atoms with Gasteiger partial charge in [0.1, 0.15) is 5.52 Å². The summed E-state index contributed by atoms with van der Waals surface area (Å²) in [6.45, 7) is 6.46. The minimum Gasteiger partial charge on any atom is -0.379 e. The number of hydrogen-bond donors (Lipinski definition) is 2. The molecule has 8 nitrogen and oxygen atoms in total. The second-order valence-electron chi connectivity index (χ2n) is 7.68. The Hall–Kier alpha value is -2.71. The summed E-state index contributed by atoms with van der Waals surface area (Å²) >= 11 is 0. The number of piperidine rings is 1. The molecular weight excluding hydrogens is 366 g/mol. The molecule has 5 rings (SSSR count). The average Bonchev–Trinajstić information content (AvgIpc) is 3.28. The average molecular weight is 393 g/mol. The highest BCUT2D eigenvalue weighted by atomic mass is 16.5. The number of aromatic nitrogens is 4. The number of anilines is 2. The molecule has 3 aromatic rings. The van der Waals surface area contributed by atoms with E-state index in [1.807, 2.05) is 18.2 Å². The molecule has 2 fully saturated rings. The van der Waals surface area contributed by atoms with E-state index in [0.717, 1.165) is 69.5 Å². The molecule has 29 heavy (non-hydrogen) atoms. The van der Waals surface area contributed by atoms with E-state index in [2.05, 4.69) is 37.2 Å². The lowest BCUT2D eigenvalue weighted by Crippen LogP contribution is -2.49. The van der Waals surface area contributed by atoms with E-state index in [0.29, 0.717) is 18.2 Å². The normalized spacial score (nSPS) is 19.0. The summed E-state index contributed by atoms with van der Waals surface area (Å²) in [6.07, 6.45) is 3.95. The number of aromatic amines is 1. The Bertz CT molecular complexity index is 931. The molecule has 0 saturated carbocycles. The van der Waals surface area contributed by atoms with Crippen LogP contribution in [0.2, 0.25) is 0 Å². The predicted molar refractivity (Wildman–Crippen MR) is 113 cm³/mol. The number of morpholine rings is 1. The Morgan fingerprint density at radius 2 is 1.83 bits per heavy atom. The van der Waals surface area contributed by atoms with Gasteiger partial charge in [0.2, 0.25) is 5.95 Å². The molecule has 4 heterocycles. The second kappa shape index (κ2) is 8.34. The minimum atomic E-state index is 0.639. The van der Waals surface area contributed by atoms with Gasteiger partial charge in [-0.15, -0.1) is 0 Å². The molecule has 2 saturated heterocycles. The Morgan fingerprint density at radius 3 is 2.62 bits per heavy atom. The zero-order valence-electron chi connectivity index (χ0n) is 16.5. The summed E-state index contributed by atoms with van der Waals surface area (Å²) < 4.78 is 5.49. The predicted octanol–water partition coefficient (Wildman–Crippen LogP) is 2.27. The van der Waals surface area contributed by atoms with Gasteiger partial charge in [-0.3, -0.25) is 4.90 Å². The number of rotatable bonds is 5. The van der Waals surface area contributed by atoms with Crippen LogP contribution in [0.1, 0.15) is 18.4 Å². The van der Waals surface area contributed by atoms with Crippen molar-refractivity contribution >= 4 is 22.9 Å². The van der Waals surface area contributed by atoms with Gasteiger partial charge in [-0.25, -0.2) is 4.98 Å². The first kappa shape index (κ1) is 18.3. The number of fused-ring (bicyclic) bond motifs is 1. The van der Waals surface area contributed by atoms with Crippen LogP contribution in [0.15, 0.2) is 36.7 Å². The van der Waals surface area contributed by atoms with Gasteiger partial charge >= 0.3 is 0 Å². The molecular formula is C21H27N7O. The maximum atomic E-state index is 5.49. The fourth-order valence-corrected chi connectivity index (χ4v) is 4.25. The molecule has 2 aromatic heterocycles. The van der Waals surface area contributed by atoms with Crippen molar-refractivity contribution in [3.05, 3.63) is 42.2 Å². The first-order chi connectivity index (χ1) is 14.4. The summed E-state index contributed by atoms with van der Waals surface area (Å²) in [4.78, 5) is 22.0. The van der Waals surface area contributed by atoms with Crippen molar-refractivity contribution in [1.82, 2.24) is 24.8 Å². The van der Waals surface area contributed by atoms with Crippen molar-refractivity contribution in [3.63, 3.8) is 0 Å². The highest BCUT2D eigenvalue weighted by molar-refractivity contribution is 5.83. The second-order valence-corrected chi connectivity index (χ2v) is 7.68. The van der Waals surface area contributed by atoms with Gasteiger partial charge < -0.3 is 19.9 Å². The summed E-state index contributed by atoms with van der Waals surface area (Å²) in [7, 11) is 0. The van der Waals surface area contributed by atoms with Gasteiger partial charge in [0, 0.05) is 38.8 Å². The van der Waals surface area contributed by atoms with E-state index in [1.165, 1.54) is 5.56 Å². The minimum absolute atomic E-state index is 0.639. The lowest BCUT2D eigenvalue weighted by molar-refractivity contribution is 0.0114. The highest BCUT2D eigenvalue weighted by Crippen LogP contribution is 2.25. The van der Waals surface area contributed by atoms with Crippen LogP contribution in [0.5, 0.6) is 0 Å². The first-order valence-corrected chi connectivity index (χ1v) is 10.4. The third-order valence-electron chi connectivity index (χ3n) is 5.89. The number of hydrogen-bond acceptors (Lipinski definition) is 7. The summed E-state index contributed by atoms with van der Waals surface area (Å²) in [5.74, 6) is 1.57. The van der Waals surface area contributed by atoms with E-state index in [1.54, 1.807) is 6.33 Å². The van der Waals surface area contributed by atoms with Crippen LogP contribution in [0.4, 0.5) is 11.8 Å². The number of nitrogens with one attached hydrogen (secondary N) is 2. The lowest BCUT2D eigenvalue weighted by atomic mass is 10.0. The quantitative estimate of drug-likeness (QED) is 0.688. The molecule has 0 aliphatic carbocycles. The molecule has 152 valence electrons. The van der Waals surface area contributed by atoms with Crippen LogP contribution in [0.3, 0.4) is 0 Å². The maximum Gasteiger partial charge on any atom is 0.229 e. The summed E-state index contributed by atoms with van der Waals surface area (Å²) in [5, 5.41) is 3.46. The van der Waals surface area contributed by atoms with Gasteiger partial charge in [-0.2, -0.15) is 9.97 Å². The van der Waals surface area contributed by atoms with Crippen molar-refractivity contribution < 1.29 is 4.74 Å². The monoisotopic (exact) mass is 393 g/mol. The van der Waals surface area contributed by atoms with Crippen LogP contribution in [0.25, 0.3) is 11.2 Å². The molecule has 8 heteroatoms. The van der Waals surface area contributed by atoms with Crippen LogP contribution in [-0.4, -0.2) is 70.3 Å². The van der Waals surface area contributed by atoms with E-state index in [-0.39, 0.29) is 0 Å². The van der Waals surface area contributed by atoms with Crippen molar-refractivity contribution in [2.24, 2.45) is 0 Å². The smallest absolute Gasteiger partial charge is 0.229 e. The molecule has 2 aliphatic heterocycles. The van der Waals surface area contributed by atoms with Crippen molar-refractivity contribution in [2.75, 3.05) is 49.6 Å². The van der Waals surface area contributed by atoms with Gasteiger partial charge in [0.25, 0.3) is 0 Å². The SMILES string of the molecule is c1ccc(CNc2nc(N3CCC(N4CCOCC4)CC3)nc3nc[nH]c23)cc1. The summed E-state index contributed by atoms with van der Waals surface area (Å²) in [6, 6.07) is 11.0. The van der Waals surface area contributed by atoms with Crippen molar-refractivity contribution in [3.8, 4) is 0 Å². The van der Waals surface area contributed by atoms with Gasteiger partial charge in [-0.1, -0.05) is 30.3 Å². The number of benzene rings is 1. The first-order valence-electron chi connectivity index (χ1n) is 10.4. The number of H-pyrrole nitrogens is 1. The van der Waals surface area contributed by atoms with E-state index >= 15 is 0 Å². The largest absolute Gasteiger partial charge is 0.379 e. The highest BCUT2D eigenvalue weighted by Gasteiger charge is 2.27. The molecule has 0 radical (unpaired) electrons. The van der Waals surface area contributed by atoms with Crippen LogP contribution in [0, 0.1) is 0 Å². The molecule has 1 aromatic carbocycles. The van der Waals surface area contributed by atoms with Gasteiger partial charge in [0.15, 0.2) is 11.5 Å². The van der Waals surface area contributed by atoms with E-state index in [4.69, 9.17) is 14.7 Å². The molecule has 2 aliphatic rings.